The summed E-state index contributed by atoms with van der Waals surface area (Å²) in [6.45, 7) is 0. The molecule has 2 N–H and O–H groups in total. The van der Waals surface area contributed by atoms with Crippen LogP contribution in [-0.2, 0) is 0 Å². The molecule has 0 fully saturated rings. The van der Waals surface area contributed by atoms with E-state index in [1.54, 1.807) is 36.2 Å². The molecular formula is C11H11FN4. The molecule has 0 radical (unpaired) electrons. The number of para-hydroxylation sites is 1. The molecule has 0 atom stereocenters. The summed E-state index contributed by atoms with van der Waals surface area (Å²) in [6, 6.07) is 8.01. The fraction of sp³-hybridized carbons (Fsp3) is 0.0909. The lowest BCUT2D eigenvalue weighted by atomic mass is 10.3. The van der Waals surface area contributed by atoms with E-state index in [0.717, 1.165) is 0 Å². The third-order valence-corrected chi connectivity index (χ3v) is 2.18. The van der Waals surface area contributed by atoms with E-state index < -0.39 is 0 Å². The summed E-state index contributed by atoms with van der Waals surface area (Å²) in [5, 5.41) is 0. The van der Waals surface area contributed by atoms with Crippen molar-refractivity contribution >= 4 is 17.5 Å². The largest absolute Gasteiger partial charge is 0.384 e. The first-order valence-corrected chi connectivity index (χ1v) is 4.75. The first-order chi connectivity index (χ1) is 7.68. The van der Waals surface area contributed by atoms with E-state index in [-0.39, 0.29) is 5.82 Å². The first kappa shape index (κ1) is 10.4. The fourth-order valence-electron chi connectivity index (χ4n) is 1.35. The molecule has 2 rings (SSSR count). The minimum atomic E-state index is -0.323. The third kappa shape index (κ3) is 1.93. The second-order valence-corrected chi connectivity index (χ2v) is 3.29. The lowest BCUT2D eigenvalue weighted by Gasteiger charge is -2.17. The van der Waals surface area contributed by atoms with Crippen LogP contribution in [0.1, 0.15) is 0 Å². The average molecular weight is 218 g/mol. The van der Waals surface area contributed by atoms with E-state index in [0.29, 0.717) is 17.5 Å². The molecule has 0 unspecified atom stereocenters. The SMILES string of the molecule is CN(c1nccc(N)n1)c1ccccc1F. The maximum Gasteiger partial charge on any atom is 0.231 e. The van der Waals surface area contributed by atoms with Crippen LogP contribution in [0.15, 0.2) is 36.5 Å². The fourth-order valence-corrected chi connectivity index (χ4v) is 1.35. The van der Waals surface area contributed by atoms with E-state index in [1.165, 1.54) is 12.3 Å². The second kappa shape index (κ2) is 4.14. The number of nitrogens with two attached hydrogens (primary N) is 1. The molecular weight excluding hydrogens is 207 g/mol. The number of nitrogen functional groups attached to an aromatic ring is 1. The Hall–Kier alpha value is -2.17. The van der Waals surface area contributed by atoms with Gasteiger partial charge in [0.2, 0.25) is 5.95 Å². The zero-order chi connectivity index (χ0) is 11.5. The van der Waals surface area contributed by atoms with Crippen LogP contribution in [0, 0.1) is 5.82 Å². The van der Waals surface area contributed by atoms with Crippen molar-refractivity contribution in [2.75, 3.05) is 17.7 Å². The molecule has 0 saturated heterocycles. The Morgan fingerprint density at radius 2 is 2.00 bits per heavy atom. The Morgan fingerprint density at radius 3 is 2.69 bits per heavy atom. The molecule has 0 bridgehead atoms. The third-order valence-electron chi connectivity index (χ3n) is 2.18. The number of anilines is 3. The van der Waals surface area contributed by atoms with Gasteiger partial charge in [0.25, 0.3) is 0 Å². The molecule has 0 aliphatic carbocycles. The van der Waals surface area contributed by atoms with Gasteiger partial charge in [0.15, 0.2) is 0 Å². The van der Waals surface area contributed by atoms with Crippen molar-refractivity contribution in [2.24, 2.45) is 0 Å². The normalized spacial score (nSPS) is 10.1. The molecule has 1 heterocycles. The van der Waals surface area contributed by atoms with E-state index in [1.807, 2.05) is 0 Å². The number of halogens is 1. The highest BCUT2D eigenvalue weighted by molar-refractivity contribution is 5.57. The highest BCUT2D eigenvalue weighted by Gasteiger charge is 2.10. The van der Waals surface area contributed by atoms with Crippen LogP contribution in [0.5, 0.6) is 0 Å². The second-order valence-electron chi connectivity index (χ2n) is 3.29. The van der Waals surface area contributed by atoms with Gasteiger partial charge in [-0.15, -0.1) is 0 Å². The predicted octanol–water partition coefficient (Wildman–Crippen LogP) is 1.97. The highest BCUT2D eigenvalue weighted by Crippen LogP contribution is 2.22. The van der Waals surface area contributed by atoms with Crippen molar-refractivity contribution in [3.8, 4) is 0 Å². The molecule has 4 nitrogen and oxygen atoms in total. The minimum absolute atomic E-state index is 0.323. The molecule has 2 aromatic rings. The van der Waals surface area contributed by atoms with Crippen LogP contribution in [0.2, 0.25) is 0 Å². The van der Waals surface area contributed by atoms with Crippen LogP contribution in [0.3, 0.4) is 0 Å². The highest BCUT2D eigenvalue weighted by atomic mass is 19.1. The Kier molecular flexibility index (Phi) is 2.68. The summed E-state index contributed by atoms with van der Waals surface area (Å²) in [7, 11) is 1.69. The maximum absolute atomic E-state index is 13.5. The first-order valence-electron chi connectivity index (χ1n) is 4.75. The van der Waals surface area contributed by atoms with Crippen LogP contribution in [0.4, 0.5) is 21.8 Å². The van der Waals surface area contributed by atoms with Crippen LogP contribution >= 0.6 is 0 Å². The molecule has 0 aliphatic rings. The van der Waals surface area contributed by atoms with Gasteiger partial charge < -0.3 is 10.6 Å². The summed E-state index contributed by atoms with van der Waals surface area (Å²) in [5.74, 6) is 0.398. The molecule has 0 aliphatic heterocycles. The van der Waals surface area contributed by atoms with Crippen LogP contribution < -0.4 is 10.6 Å². The van der Waals surface area contributed by atoms with Crippen molar-refractivity contribution in [3.63, 3.8) is 0 Å². The predicted molar refractivity (Wildman–Crippen MR) is 60.9 cm³/mol. The Balaban J connectivity index is 2.39. The van der Waals surface area contributed by atoms with Gasteiger partial charge in [-0.2, -0.15) is 4.98 Å². The van der Waals surface area contributed by atoms with Gasteiger partial charge in [-0.1, -0.05) is 12.1 Å². The maximum atomic E-state index is 13.5. The van der Waals surface area contributed by atoms with E-state index in [9.17, 15) is 4.39 Å². The van der Waals surface area contributed by atoms with Gasteiger partial charge in [0, 0.05) is 13.2 Å². The summed E-state index contributed by atoms with van der Waals surface area (Å²) >= 11 is 0. The van der Waals surface area contributed by atoms with Gasteiger partial charge >= 0.3 is 0 Å². The zero-order valence-corrected chi connectivity index (χ0v) is 8.76. The number of benzene rings is 1. The standard InChI is InChI=1S/C11H11FN4/c1-16(9-5-3-2-4-8(9)12)11-14-7-6-10(13)15-11/h2-7H,1H3,(H2,13,14,15). The number of hydrogen-bond donors (Lipinski definition) is 1. The summed E-state index contributed by atoms with van der Waals surface area (Å²) in [5.41, 5.74) is 5.95. The van der Waals surface area contributed by atoms with E-state index in [4.69, 9.17) is 5.73 Å². The zero-order valence-electron chi connectivity index (χ0n) is 8.76. The molecule has 1 aromatic carbocycles. The Labute approximate surface area is 92.6 Å². The molecule has 0 spiro atoms. The lowest BCUT2D eigenvalue weighted by molar-refractivity contribution is 0.627. The van der Waals surface area contributed by atoms with Crippen LogP contribution in [0.25, 0.3) is 0 Å². The number of rotatable bonds is 2. The Morgan fingerprint density at radius 1 is 1.25 bits per heavy atom. The Bertz CT molecular complexity index is 501. The average Bonchev–Trinajstić information content (AvgIpc) is 2.29. The van der Waals surface area contributed by atoms with Gasteiger partial charge in [0.1, 0.15) is 11.6 Å². The number of hydrogen-bond acceptors (Lipinski definition) is 4. The van der Waals surface area contributed by atoms with Gasteiger partial charge in [-0.3, -0.25) is 0 Å². The van der Waals surface area contributed by atoms with Gasteiger partial charge in [-0.05, 0) is 18.2 Å². The molecule has 0 saturated carbocycles. The topological polar surface area (TPSA) is 55.0 Å². The van der Waals surface area contributed by atoms with Gasteiger partial charge in [-0.25, -0.2) is 9.37 Å². The smallest absolute Gasteiger partial charge is 0.231 e. The summed E-state index contributed by atoms with van der Waals surface area (Å²) < 4.78 is 13.5. The molecule has 1 aromatic heterocycles. The van der Waals surface area contributed by atoms with Crippen molar-refractivity contribution in [2.45, 2.75) is 0 Å². The summed E-state index contributed by atoms with van der Waals surface area (Å²) in [6.07, 6.45) is 1.54. The van der Waals surface area contributed by atoms with Crippen molar-refractivity contribution in [1.29, 1.82) is 0 Å². The number of aromatic nitrogens is 2. The molecule has 5 heteroatoms. The van der Waals surface area contributed by atoms with Crippen molar-refractivity contribution in [1.82, 2.24) is 9.97 Å². The number of nitrogens with zero attached hydrogens (tertiary/aromatic N) is 3. The quantitative estimate of drug-likeness (QED) is 0.837. The molecule has 0 amide bonds. The monoisotopic (exact) mass is 218 g/mol. The molecule has 82 valence electrons. The summed E-state index contributed by atoms with van der Waals surface area (Å²) in [4.78, 5) is 9.59. The van der Waals surface area contributed by atoms with E-state index >= 15 is 0 Å². The lowest BCUT2D eigenvalue weighted by Crippen LogP contribution is -2.14. The molecule has 16 heavy (non-hydrogen) atoms. The van der Waals surface area contributed by atoms with Crippen molar-refractivity contribution in [3.05, 3.63) is 42.3 Å². The van der Waals surface area contributed by atoms with Gasteiger partial charge in [0.05, 0.1) is 5.69 Å². The van der Waals surface area contributed by atoms with Crippen LogP contribution in [-0.4, -0.2) is 17.0 Å². The minimum Gasteiger partial charge on any atom is -0.384 e. The van der Waals surface area contributed by atoms with E-state index in [2.05, 4.69) is 9.97 Å². The van der Waals surface area contributed by atoms with Crippen molar-refractivity contribution < 1.29 is 4.39 Å².